The van der Waals surface area contributed by atoms with Crippen molar-refractivity contribution in [1.29, 1.82) is 0 Å². The second-order valence-electron chi connectivity index (χ2n) is 3.76. The average molecular weight is 319 g/mol. The highest BCUT2D eigenvalue weighted by Gasteiger charge is 2.21. The fourth-order valence-corrected chi connectivity index (χ4v) is 2.79. The van der Waals surface area contributed by atoms with E-state index in [1.165, 1.54) is 12.1 Å². The SMILES string of the molecule is O=C(O)c1cc(S(=O)(=O)Nc2c(F)cccc2Cl)c[nH]1. The molecule has 2 aromatic rings. The molecule has 6 nitrogen and oxygen atoms in total. The van der Waals surface area contributed by atoms with E-state index < -0.39 is 27.5 Å². The van der Waals surface area contributed by atoms with E-state index in [9.17, 15) is 17.6 Å². The van der Waals surface area contributed by atoms with E-state index in [1.54, 1.807) is 0 Å². The van der Waals surface area contributed by atoms with Gasteiger partial charge in [0.2, 0.25) is 0 Å². The van der Waals surface area contributed by atoms with Crippen LogP contribution in [0.2, 0.25) is 5.02 Å². The average Bonchev–Trinajstić information content (AvgIpc) is 2.84. The number of H-pyrrole nitrogens is 1. The second-order valence-corrected chi connectivity index (χ2v) is 5.85. The van der Waals surface area contributed by atoms with Gasteiger partial charge in [0.05, 0.1) is 5.02 Å². The van der Waals surface area contributed by atoms with E-state index in [1.807, 2.05) is 4.72 Å². The Kier molecular flexibility index (Phi) is 3.69. The smallest absolute Gasteiger partial charge is 0.352 e. The van der Waals surface area contributed by atoms with Crippen LogP contribution in [0.25, 0.3) is 0 Å². The van der Waals surface area contributed by atoms with Crippen molar-refractivity contribution >= 4 is 33.3 Å². The van der Waals surface area contributed by atoms with Gasteiger partial charge in [-0.1, -0.05) is 17.7 Å². The molecule has 106 valence electrons. The molecule has 9 heteroatoms. The summed E-state index contributed by atoms with van der Waals surface area (Å²) in [5, 5.41) is 8.61. The number of hydrogen-bond acceptors (Lipinski definition) is 3. The number of carbonyl (C=O) groups is 1. The van der Waals surface area contributed by atoms with Crippen molar-refractivity contribution in [3.63, 3.8) is 0 Å². The van der Waals surface area contributed by atoms with E-state index >= 15 is 0 Å². The fourth-order valence-electron chi connectivity index (χ4n) is 1.44. The summed E-state index contributed by atoms with van der Waals surface area (Å²) >= 11 is 5.71. The van der Waals surface area contributed by atoms with Crippen molar-refractivity contribution in [1.82, 2.24) is 4.98 Å². The van der Waals surface area contributed by atoms with Crippen molar-refractivity contribution in [3.8, 4) is 0 Å². The monoisotopic (exact) mass is 318 g/mol. The number of hydrogen-bond donors (Lipinski definition) is 3. The predicted molar refractivity (Wildman–Crippen MR) is 70.0 cm³/mol. The third-order valence-electron chi connectivity index (χ3n) is 2.40. The van der Waals surface area contributed by atoms with Crippen LogP contribution in [0.1, 0.15) is 10.5 Å². The van der Waals surface area contributed by atoms with Crippen molar-refractivity contribution in [2.45, 2.75) is 4.90 Å². The summed E-state index contributed by atoms with van der Waals surface area (Å²) in [6.07, 6.45) is 0.987. The fraction of sp³-hybridized carbons (Fsp3) is 0. The molecule has 20 heavy (non-hydrogen) atoms. The van der Waals surface area contributed by atoms with Crippen molar-refractivity contribution in [2.24, 2.45) is 0 Å². The van der Waals surface area contributed by atoms with E-state index in [2.05, 4.69) is 4.98 Å². The molecule has 0 aliphatic heterocycles. The van der Waals surface area contributed by atoms with Gasteiger partial charge in [-0.25, -0.2) is 17.6 Å². The number of aromatic carboxylic acids is 1. The quantitative estimate of drug-likeness (QED) is 0.805. The Labute approximate surface area is 118 Å². The van der Waals surface area contributed by atoms with E-state index in [0.717, 1.165) is 18.3 Å². The summed E-state index contributed by atoms with van der Waals surface area (Å²) in [7, 11) is -4.14. The Hall–Kier alpha value is -2.06. The first-order valence-electron chi connectivity index (χ1n) is 5.20. The first-order valence-corrected chi connectivity index (χ1v) is 7.06. The summed E-state index contributed by atoms with van der Waals surface area (Å²) in [5.41, 5.74) is -0.697. The molecule has 0 spiro atoms. The highest BCUT2D eigenvalue weighted by Crippen LogP contribution is 2.27. The van der Waals surface area contributed by atoms with Gasteiger partial charge in [0.25, 0.3) is 10.0 Å². The molecule has 1 heterocycles. The molecule has 0 unspecified atom stereocenters. The van der Waals surface area contributed by atoms with Crippen LogP contribution in [0.3, 0.4) is 0 Å². The lowest BCUT2D eigenvalue weighted by molar-refractivity contribution is 0.0691. The first-order chi connectivity index (χ1) is 9.31. The maximum Gasteiger partial charge on any atom is 0.352 e. The van der Waals surface area contributed by atoms with Gasteiger partial charge in [0.15, 0.2) is 0 Å². The Bertz CT molecular complexity index is 752. The number of anilines is 1. The van der Waals surface area contributed by atoms with Crippen LogP contribution in [0.4, 0.5) is 10.1 Å². The van der Waals surface area contributed by atoms with Crippen LogP contribution in [0.15, 0.2) is 35.4 Å². The molecule has 0 bridgehead atoms. The summed E-state index contributed by atoms with van der Waals surface area (Å²) in [6, 6.07) is 4.61. The molecule has 2 rings (SSSR count). The third kappa shape index (κ3) is 2.75. The number of para-hydroxylation sites is 1. The van der Waals surface area contributed by atoms with E-state index in [0.29, 0.717) is 0 Å². The lowest BCUT2D eigenvalue weighted by atomic mass is 10.3. The summed E-state index contributed by atoms with van der Waals surface area (Å²) in [5.74, 6) is -2.15. The molecular weight excluding hydrogens is 311 g/mol. The largest absolute Gasteiger partial charge is 0.477 e. The number of rotatable bonds is 4. The van der Waals surface area contributed by atoms with Crippen molar-refractivity contribution < 1.29 is 22.7 Å². The normalized spacial score (nSPS) is 11.3. The topological polar surface area (TPSA) is 99.3 Å². The van der Waals surface area contributed by atoms with Gasteiger partial charge < -0.3 is 10.1 Å². The zero-order valence-corrected chi connectivity index (χ0v) is 11.3. The lowest BCUT2D eigenvalue weighted by Crippen LogP contribution is -2.13. The van der Waals surface area contributed by atoms with Crippen molar-refractivity contribution in [2.75, 3.05) is 4.72 Å². The van der Waals surface area contributed by atoms with Crippen LogP contribution in [-0.4, -0.2) is 24.5 Å². The van der Waals surface area contributed by atoms with Crippen LogP contribution < -0.4 is 4.72 Å². The molecule has 0 aliphatic carbocycles. The molecule has 1 aromatic carbocycles. The molecule has 0 aliphatic rings. The maximum atomic E-state index is 13.5. The number of halogens is 2. The molecule has 3 N–H and O–H groups in total. The van der Waals surface area contributed by atoms with Crippen molar-refractivity contribution in [3.05, 3.63) is 47.0 Å². The van der Waals surface area contributed by atoms with Gasteiger partial charge in [-0.15, -0.1) is 0 Å². The molecule has 0 radical (unpaired) electrons. The van der Waals surface area contributed by atoms with E-state index in [-0.39, 0.29) is 15.6 Å². The molecule has 0 amide bonds. The number of nitrogens with one attached hydrogen (secondary N) is 2. The number of sulfonamides is 1. The molecule has 0 atom stereocenters. The van der Waals surface area contributed by atoms with E-state index in [4.69, 9.17) is 16.7 Å². The highest BCUT2D eigenvalue weighted by molar-refractivity contribution is 7.92. The molecular formula is C11H8ClFN2O4S. The molecule has 0 saturated heterocycles. The maximum absolute atomic E-state index is 13.5. The number of carboxylic acid groups (broad SMARTS) is 1. The minimum Gasteiger partial charge on any atom is -0.477 e. The van der Waals surface area contributed by atoms with Gasteiger partial charge in [-0.2, -0.15) is 0 Å². The second kappa shape index (κ2) is 5.14. The summed E-state index contributed by atoms with van der Waals surface area (Å²) in [4.78, 5) is 12.6. The van der Waals surface area contributed by atoms with Gasteiger partial charge >= 0.3 is 5.97 Å². The zero-order valence-electron chi connectivity index (χ0n) is 9.72. The Morgan fingerprint density at radius 3 is 2.65 bits per heavy atom. The van der Waals surface area contributed by atoms with Gasteiger partial charge in [-0.05, 0) is 18.2 Å². The lowest BCUT2D eigenvalue weighted by Gasteiger charge is -2.08. The molecule has 0 saturated carbocycles. The Morgan fingerprint density at radius 2 is 2.10 bits per heavy atom. The number of carboxylic acids is 1. The minimum absolute atomic E-state index is 0.109. The van der Waals surface area contributed by atoms with Gasteiger partial charge in [-0.3, -0.25) is 4.72 Å². The zero-order chi connectivity index (χ0) is 14.9. The van der Waals surface area contributed by atoms with Crippen LogP contribution >= 0.6 is 11.6 Å². The Morgan fingerprint density at radius 1 is 1.40 bits per heavy atom. The number of aromatic nitrogens is 1. The predicted octanol–water partition coefficient (Wildman–Crippen LogP) is 2.31. The highest BCUT2D eigenvalue weighted by atomic mass is 35.5. The first kappa shape index (κ1) is 14.4. The van der Waals surface area contributed by atoms with Crippen LogP contribution in [0, 0.1) is 5.82 Å². The summed E-state index contributed by atoms with van der Waals surface area (Å²) in [6.45, 7) is 0. The van der Waals surface area contributed by atoms with Gasteiger partial charge in [0, 0.05) is 6.20 Å². The summed E-state index contributed by atoms with van der Waals surface area (Å²) < 4.78 is 39.5. The number of benzene rings is 1. The number of aromatic amines is 1. The van der Waals surface area contributed by atoms with Crippen LogP contribution in [-0.2, 0) is 10.0 Å². The van der Waals surface area contributed by atoms with Gasteiger partial charge in [0.1, 0.15) is 22.1 Å². The molecule has 1 aromatic heterocycles. The minimum atomic E-state index is -4.14. The van der Waals surface area contributed by atoms with Crippen LogP contribution in [0.5, 0.6) is 0 Å². The Balaban J connectivity index is 2.38. The molecule has 0 fully saturated rings. The third-order valence-corrected chi connectivity index (χ3v) is 4.04. The standard InChI is InChI=1S/C11H8ClFN2O4S/c12-7-2-1-3-8(13)10(7)15-20(18,19)6-4-9(11(16)17)14-5-6/h1-5,14-15H,(H,16,17).